The van der Waals surface area contributed by atoms with E-state index in [9.17, 15) is 0 Å². The van der Waals surface area contributed by atoms with Crippen LogP contribution in [0.1, 0.15) is 12.1 Å². The average Bonchev–Trinajstić information content (AvgIpc) is 2.67. The minimum Gasteiger partial charge on any atom is -0.395 e. The average molecular weight is 203 g/mol. The number of nitrogens with zero attached hydrogens (tertiary/aromatic N) is 1. The number of fused-ring (bicyclic) bond motifs is 1. The van der Waals surface area contributed by atoms with Gasteiger partial charge in [0.15, 0.2) is 0 Å². The maximum absolute atomic E-state index is 8.60. The number of hydrogen-bond donors (Lipinski definition) is 1. The minimum absolute atomic E-state index is 0.104. The van der Waals surface area contributed by atoms with Gasteiger partial charge < -0.3 is 5.11 Å². The van der Waals surface area contributed by atoms with E-state index in [1.807, 2.05) is 17.5 Å². The van der Waals surface area contributed by atoms with Crippen LogP contribution >= 0.6 is 11.3 Å². The highest BCUT2D eigenvalue weighted by Crippen LogP contribution is 2.21. The maximum atomic E-state index is 8.60. The summed E-state index contributed by atoms with van der Waals surface area (Å²) in [6.45, 7) is 0.104. The van der Waals surface area contributed by atoms with E-state index in [-0.39, 0.29) is 6.61 Å². The number of thiophene rings is 1. The fraction of sp³-hybridized carbons (Fsp3) is 0.182. The molecule has 2 aromatic heterocycles. The molecule has 0 saturated heterocycles. The fourth-order valence-corrected chi connectivity index (χ4v) is 1.98. The van der Waals surface area contributed by atoms with Crippen molar-refractivity contribution in [2.75, 3.05) is 6.61 Å². The molecule has 14 heavy (non-hydrogen) atoms. The number of pyridine rings is 1. The number of rotatable bonds is 1. The molecule has 0 radical (unpaired) electrons. The quantitative estimate of drug-likeness (QED) is 0.719. The first-order valence-corrected chi connectivity index (χ1v) is 5.22. The van der Waals surface area contributed by atoms with Crippen molar-refractivity contribution in [3.63, 3.8) is 0 Å². The van der Waals surface area contributed by atoms with Gasteiger partial charge in [0.2, 0.25) is 0 Å². The highest BCUT2D eigenvalue weighted by atomic mass is 32.1. The van der Waals surface area contributed by atoms with Crippen LogP contribution < -0.4 is 0 Å². The molecule has 0 amide bonds. The summed E-state index contributed by atoms with van der Waals surface area (Å²) in [5.74, 6) is 5.84. The standard InChI is InChI=1S/C11H9NOS/c13-7-2-1-3-10-9-5-8-14-11(9)4-6-12-10/h4-6,8,13H,2,7H2. The van der Waals surface area contributed by atoms with Gasteiger partial charge in [0, 0.05) is 22.7 Å². The molecule has 0 aromatic carbocycles. The molecule has 0 atom stereocenters. The van der Waals surface area contributed by atoms with Gasteiger partial charge in [-0.2, -0.15) is 0 Å². The summed E-state index contributed by atoms with van der Waals surface area (Å²) in [4.78, 5) is 4.20. The Hall–Kier alpha value is -1.37. The minimum atomic E-state index is 0.104. The fourth-order valence-electron chi connectivity index (χ4n) is 1.20. The lowest BCUT2D eigenvalue weighted by atomic mass is 10.2. The lowest BCUT2D eigenvalue weighted by Gasteiger charge is -1.91. The molecule has 1 N–H and O–H groups in total. The summed E-state index contributed by atoms with van der Waals surface area (Å²) in [6, 6.07) is 4.01. The lowest BCUT2D eigenvalue weighted by molar-refractivity contribution is 0.305. The first-order valence-electron chi connectivity index (χ1n) is 4.34. The molecule has 0 fully saturated rings. The van der Waals surface area contributed by atoms with E-state index >= 15 is 0 Å². The van der Waals surface area contributed by atoms with Crippen LogP contribution in [0.5, 0.6) is 0 Å². The summed E-state index contributed by atoms with van der Waals surface area (Å²) in [5.41, 5.74) is 0.803. The highest BCUT2D eigenvalue weighted by Gasteiger charge is 1.99. The molecule has 0 aliphatic carbocycles. The molecule has 0 unspecified atom stereocenters. The van der Waals surface area contributed by atoms with Crippen molar-refractivity contribution in [2.24, 2.45) is 0 Å². The number of aliphatic hydroxyl groups excluding tert-OH is 1. The van der Waals surface area contributed by atoms with Gasteiger partial charge in [-0.1, -0.05) is 5.92 Å². The third-order valence-corrected chi connectivity index (χ3v) is 2.71. The van der Waals surface area contributed by atoms with Crippen molar-refractivity contribution in [1.82, 2.24) is 4.98 Å². The number of aromatic nitrogens is 1. The smallest absolute Gasteiger partial charge is 0.121 e. The molecule has 0 saturated carbocycles. The van der Waals surface area contributed by atoms with Crippen LogP contribution in [0.15, 0.2) is 23.7 Å². The zero-order valence-electron chi connectivity index (χ0n) is 7.53. The molecule has 2 aromatic rings. The van der Waals surface area contributed by atoms with Gasteiger partial charge in [-0.05, 0) is 23.4 Å². The van der Waals surface area contributed by atoms with E-state index in [2.05, 4.69) is 16.8 Å². The first-order chi connectivity index (χ1) is 6.92. The van der Waals surface area contributed by atoms with Crippen LogP contribution in [-0.4, -0.2) is 16.7 Å². The van der Waals surface area contributed by atoms with Gasteiger partial charge in [0.05, 0.1) is 6.61 Å². The van der Waals surface area contributed by atoms with Crippen LogP contribution in [0.3, 0.4) is 0 Å². The summed E-state index contributed by atoms with van der Waals surface area (Å²) in [6.07, 6.45) is 2.27. The monoisotopic (exact) mass is 203 g/mol. The summed E-state index contributed by atoms with van der Waals surface area (Å²) in [7, 11) is 0. The largest absolute Gasteiger partial charge is 0.395 e. The zero-order chi connectivity index (χ0) is 9.80. The SMILES string of the molecule is OCCC#Cc1nccc2sccc12. The molecule has 0 spiro atoms. The van der Waals surface area contributed by atoms with Crippen molar-refractivity contribution in [3.8, 4) is 11.8 Å². The Bertz CT molecular complexity index is 492. The van der Waals surface area contributed by atoms with Crippen LogP contribution in [-0.2, 0) is 0 Å². The van der Waals surface area contributed by atoms with Crippen molar-refractivity contribution in [1.29, 1.82) is 0 Å². The normalized spacial score (nSPS) is 9.79. The zero-order valence-corrected chi connectivity index (χ0v) is 8.34. The summed E-state index contributed by atoms with van der Waals surface area (Å²) < 4.78 is 1.20. The predicted octanol–water partition coefficient (Wildman–Crippen LogP) is 2.03. The molecule has 0 aliphatic heterocycles. The molecule has 70 valence electrons. The molecule has 2 nitrogen and oxygen atoms in total. The van der Waals surface area contributed by atoms with E-state index < -0.39 is 0 Å². The molecular weight excluding hydrogens is 194 g/mol. The van der Waals surface area contributed by atoms with Crippen LogP contribution in [0.25, 0.3) is 10.1 Å². The van der Waals surface area contributed by atoms with Gasteiger partial charge in [0.1, 0.15) is 5.69 Å². The van der Waals surface area contributed by atoms with Gasteiger partial charge in [-0.15, -0.1) is 11.3 Å². The number of aliphatic hydroxyl groups is 1. The van der Waals surface area contributed by atoms with E-state index in [0.717, 1.165) is 11.1 Å². The topological polar surface area (TPSA) is 33.1 Å². The van der Waals surface area contributed by atoms with Gasteiger partial charge in [-0.25, -0.2) is 4.98 Å². The maximum Gasteiger partial charge on any atom is 0.121 e. The van der Waals surface area contributed by atoms with Gasteiger partial charge >= 0.3 is 0 Å². The second-order valence-corrected chi connectivity index (χ2v) is 3.72. The Labute approximate surface area is 86.2 Å². The molecule has 0 aliphatic rings. The second-order valence-electron chi connectivity index (χ2n) is 2.77. The summed E-state index contributed by atoms with van der Waals surface area (Å²) in [5, 5.41) is 11.7. The van der Waals surface area contributed by atoms with E-state index in [1.54, 1.807) is 17.5 Å². The Morgan fingerprint density at radius 3 is 3.21 bits per heavy atom. The Morgan fingerprint density at radius 2 is 2.36 bits per heavy atom. The second kappa shape index (κ2) is 4.23. The van der Waals surface area contributed by atoms with E-state index in [4.69, 9.17) is 5.11 Å². The summed E-state index contributed by atoms with van der Waals surface area (Å²) >= 11 is 1.68. The van der Waals surface area contributed by atoms with Gasteiger partial charge in [0.25, 0.3) is 0 Å². The van der Waals surface area contributed by atoms with Gasteiger partial charge in [-0.3, -0.25) is 0 Å². The van der Waals surface area contributed by atoms with Crippen molar-refractivity contribution < 1.29 is 5.11 Å². The lowest BCUT2D eigenvalue weighted by Crippen LogP contribution is -1.82. The molecule has 3 heteroatoms. The van der Waals surface area contributed by atoms with Crippen molar-refractivity contribution >= 4 is 21.4 Å². The van der Waals surface area contributed by atoms with E-state index in [0.29, 0.717) is 6.42 Å². The molecule has 0 bridgehead atoms. The molecule has 2 rings (SSSR count). The molecule has 2 heterocycles. The van der Waals surface area contributed by atoms with Crippen LogP contribution in [0, 0.1) is 11.8 Å². The van der Waals surface area contributed by atoms with Crippen LogP contribution in [0.4, 0.5) is 0 Å². The van der Waals surface area contributed by atoms with Crippen molar-refractivity contribution in [2.45, 2.75) is 6.42 Å². The Kier molecular flexibility index (Phi) is 2.78. The van der Waals surface area contributed by atoms with Crippen LogP contribution in [0.2, 0.25) is 0 Å². The third kappa shape index (κ3) is 1.77. The Morgan fingerprint density at radius 1 is 1.43 bits per heavy atom. The first kappa shape index (κ1) is 9.20. The third-order valence-electron chi connectivity index (χ3n) is 1.82. The Balaban J connectivity index is 2.43. The van der Waals surface area contributed by atoms with Crippen molar-refractivity contribution in [3.05, 3.63) is 29.4 Å². The molecular formula is C11H9NOS. The predicted molar refractivity (Wildman–Crippen MR) is 58.2 cm³/mol. The number of hydrogen-bond acceptors (Lipinski definition) is 3. The highest BCUT2D eigenvalue weighted by molar-refractivity contribution is 7.17. The van der Waals surface area contributed by atoms with E-state index in [1.165, 1.54) is 4.70 Å².